The molecule has 9 heteroatoms. The molecule has 0 radical (unpaired) electrons. The Labute approximate surface area is 156 Å². The van der Waals surface area contributed by atoms with Crippen molar-refractivity contribution in [3.8, 4) is 6.07 Å². The van der Waals surface area contributed by atoms with Crippen molar-refractivity contribution in [2.45, 2.75) is 19.8 Å². The van der Waals surface area contributed by atoms with E-state index >= 15 is 0 Å². The molecule has 142 valence electrons. The average molecular weight is 372 g/mol. The van der Waals surface area contributed by atoms with Crippen molar-refractivity contribution >= 4 is 23.3 Å². The minimum Gasteiger partial charge on any atom is -0.466 e. The van der Waals surface area contributed by atoms with Crippen LogP contribution in [0.5, 0.6) is 0 Å². The average Bonchev–Trinajstić information content (AvgIpc) is 2.66. The van der Waals surface area contributed by atoms with Crippen molar-refractivity contribution < 1.29 is 19.2 Å². The van der Waals surface area contributed by atoms with Gasteiger partial charge in [-0.1, -0.05) is 12.1 Å². The third kappa shape index (κ3) is 5.28. The quantitative estimate of drug-likeness (QED) is 0.267. The Balaban J connectivity index is 2.11. The number of carbonyl (C=O) groups excluding carboxylic acids is 2. The molecule has 1 aromatic carbocycles. The standard InChI is InChI=1S/C18H20N4O5/c1-2-27-18(24)13-6-5-9-21(11-13)12-14(10-19)17(23)20-15-7-3-4-8-16(15)22(25)26/h3-4,7-8,12-13H,2,5-6,9,11H2,1H3,(H,20,23)/b14-12-. The number of amides is 1. The molecule has 1 unspecified atom stereocenters. The summed E-state index contributed by atoms with van der Waals surface area (Å²) < 4.78 is 5.03. The molecule has 1 aromatic rings. The van der Waals surface area contributed by atoms with Gasteiger partial charge in [0.1, 0.15) is 17.3 Å². The second-order valence-electron chi connectivity index (χ2n) is 5.97. The minimum atomic E-state index is -0.745. The maximum Gasteiger partial charge on any atom is 0.310 e. The van der Waals surface area contributed by atoms with Gasteiger partial charge >= 0.3 is 5.97 Å². The second-order valence-corrected chi connectivity index (χ2v) is 5.97. The first-order chi connectivity index (χ1) is 13.0. The van der Waals surface area contributed by atoms with Crippen LogP contribution in [0.3, 0.4) is 0 Å². The van der Waals surface area contributed by atoms with E-state index in [-0.39, 0.29) is 28.8 Å². The van der Waals surface area contributed by atoms with Gasteiger partial charge in [-0.05, 0) is 25.8 Å². The number of nitriles is 1. The topological polar surface area (TPSA) is 126 Å². The molecule has 27 heavy (non-hydrogen) atoms. The zero-order valence-corrected chi connectivity index (χ0v) is 14.9. The Morgan fingerprint density at radius 1 is 1.48 bits per heavy atom. The first-order valence-electron chi connectivity index (χ1n) is 8.53. The number of hydrogen-bond donors (Lipinski definition) is 1. The fourth-order valence-corrected chi connectivity index (χ4v) is 2.83. The lowest BCUT2D eigenvalue weighted by Crippen LogP contribution is -2.37. The Morgan fingerprint density at radius 3 is 2.89 bits per heavy atom. The molecule has 1 N–H and O–H groups in total. The summed E-state index contributed by atoms with van der Waals surface area (Å²) in [6, 6.07) is 7.50. The van der Waals surface area contributed by atoms with Crippen molar-refractivity contribution in [2.24, 2.45) is 5.92 Å². The lowest BCUT2D eigenvalue weighted by Gasteiger charge is -2.30. The van der Waals surface area contributed by atoms with E-state index in [1.165, 1.54) is 24.4 Å². The van der Waals surface area contributed by atoms with E-state index in [0.29, 0.717) is 26.1 Å². The van der Waals surface area contributed by atoms with Crippen LogP contribution in [-0.2, 0) is 14.3 Å². The van der Waals surface area contributed by atoms with E-state index in [2.05, 4.69) is 5.32 Å². The highest BCUT2D eigenvalue weighted by Gasteiger charge is 2.26. The highest BCUT2D eigenvalue weighted by atomic mass is 16.6. The van der Waals surface area contributed by atoms with Crippen LogP contribution in [0.15, 0.2) is 36.0 Å². The molecule has 2 rings (SSSR count). The number of nitro benzene ring substituents is 1. The number of para-hydroxylation sites is 2. The summed E-state index contributed by atoms with van der Waals surface area (Å²) in [5.41, 5.74) is -0.446. The fourth-order valence-electron chi connectivity index (χ4n) is 2.83. The van der Waals surface area contributed by atoms with Crippen LogP contribution >= 0.6 is 0 Å². The van der Waals surface area contributed by atoms with Gasteiger partial charge in [0, 0.05) is 25.4 Å². The predicted octanol–water partition coefficient (Wildman–Crippen LogP) is 2.22. The molecular weight excluding hydrogens is 352 g/mol. The number of rotatable bonds is 6. The first kappa shape index (κ1) is 19.9. The maximum atomic E-state index is 12.4. The normalized spacial score (nSPS) is 17.0. The lowest BCUT2D eigenvalue weighted by molar-refractivity contribution is -0.383. The number of benzene rings is 1. The van der Waals surface area contributed by atoms with Gasteiger partial charge in [-0.3, -0.25) is 19.7 Å². The molecule has 1 aliphatic heterocycles. The van der Waals surface area contributed by atoms with E-state index in [1.807, 2.05) is 6.07 Å². The van der Waals surface area contributed by atoms with Gasteiger partial charge in [0.15, 0.2) is 0 Å². The molecule has 0 aromatic heterocycles. The molecule has 0 aliphatic carbocycles. The van der Waals surface area contributed by atoms with Crippen molar-refractivity contribution in [2.75, 3.05) is 25.0 Å². The fraction of sp³-hybridized carbons (Fsp3) is 0.389. The van der Waals surface area contributed by atoms with Gasteiger partial charge in [0.05, 0.1) is 17.4 Å². The largest absolute Gasteiger partial charge is 0.466 e. The van der Waals surface area contributed by atoms with Crippen LogP contribution in [0, 0.1) is 27.4 Å². The highest BCUT2D eigenvalue weighted by molar-refractivity contribution is 6.07. The first-order valence-corrected chi connectivity index (χ1v) is 8.53. The summed E-state index contributed by atoms with van der Waals surface area (Å²) in [6.07, 6.45) is 2.80. The molecule has 1 heterocycles. The Kier molecular flexibility index (Phi) is 6.88. The molecule has 1 aliphatic rings. The van der Waals surface area contributed by atoms with Gasteiger partial charge < -0.3 is 15.0 Å². The number of nitro groups is 1. The molecule has 1 fully saturated rings. The molecule has 1 amide bonds. The number of anilines is 1. The molecule has 0 bridgehead atoms. The van der Waals surface area contributed by atoms with Crippen LogP contribution in [0.25, 0.3) is 0 Å². The smallest absolute Gasteiger partial charge is 0.310 e. The summed E-state index contributed by atoms with van der Waals surface area (Å²) in [5, 5.41) is 22.7. The number of ether oxygens (including phenoxy) is 1. The number of hydrogen-bond acceptors (Lipinski definition) is 7. The van der Waals surface area contributed by atoms with E-state index in [0.717, 1.165) is 6.42 Å². The van der Waals surface area contributed by atoms with Crippen molar-refractivity contribution in [3.63, 3.8) is 0 Å². The van der Waals surface area contributed by atoms with Crippen LogP contribution in [0.4, 0.5) is 11.4 Å². The van der Waals surface area contributed by atoms with E-state index in [9.17, 15) is 25.0 Å². The van der Waals surface area contributed by atoms with Gasteiger partial charge in [0.25, 0.3) is 11.6 Å². The number of piperidine rings is 1. The summed E-state index contributed by atoms with van der Waals surface area (Å²) in [6.45, 7) is 2.98. The molecule has 0 saturated carbocycles. The second kappa shape index (κ2) is 9.33. The number of esters is 1. The monoisotopic (exact) mass is 372 g/mol. The van der Waals surface area contributed by atoms with Crippen molar-refractivity contribution in [1.29, 1.82) is 5.26 Å². The molecular formula is C18H20N4O5. The Morgan fingerprint density at radius 2 is 2.22 bits per heavy atom. The number of likely N-dealkylation sites (tertiary alicyclic amines) is 1. The molecule has 0 spiro atoms. The van der Waals surface area contributed by atoms with Gasteiger partial charge in [-0.25, -0.2) is 0 Å². The maximum absolute atomic E-state index is 12.4. The van der Waals surface area contributed by atoms with Crippen molar-refractivity contribution in [1.82, 2.24) is 4.90 Å². The van der Waals surface area contributed by atoms with Gasteiger partial charge in [-0.15, -0.1) is 0 Å². The third-order valence-electron chi connectivity index (χ3n) is 4.10. The number of nitrogens with one attached hydrogen (secondary N) is 1. The van der Waals surface area contributed by atoms with Crippen LogP contribution in [-0.4, -0.2) is 41.4 Å². The SMILES string of the molecule is CCOC(=O)C1CCCN(/C=C(/C#N)C(=O)Nc2ccccc2[N+](=O)[O-])C1. The lowest BCUT2D eigenvalue weighted by atomic mass is 9.98. The Hall–Kier alpha value is -3.41. The molecule has 9 nitrogen and oxygen atoms in total. The van der Waals surface area contributed by atoms with Crippen molar-refractivity contribution in [3.05, 3.63) is 46.2 Å². The minimum absolute atomic E-state index is 0.0108. The zero-order chi connectivity index (χ0) is 19.8. The molecule has 1 saturated heterocycles. The number of nitrogens with zero attached hydrogens (tertiary/aromatic N) is 3. The van der Waals surface area contributed by atoms with Gasteiger partial charge in [0.2, 0.25) is 0 Å². The van der Waals surface area contributed by atoms with Crippen LogP contribution < -0.4 is 5.32 Å². The van der Waals surface area contributed by atoms with E-state index in [1.54, 1.807) is 17.9 Å². The summed E-state index contributed by atoms with van der Waals surface area (Å²) in [5.74, 6) is -1.35. The summed E-state index contributed by atoms with van der Waals surface area (Å²) in [4.78, 5) is 36.4. The van der Waals surface area contributed by atoms with Crippen LogP contribution in [0.2, 0.25) is 0 Å². The van der Waals surface area contributed by atoms with E-state index < -0.39 is 10.8 Å². The predicted molar refractivity (Wildman–Crippen MR) is 96.4 cm³/mol. The highest BCUT2D eigenvalue weighted by Crippen LogP contribution is 2.24. The third-order valence-corrected chi connectivity index (χ3v) is 4.10. The summed E-state index contributed by atoms with van der Waals surface area (Å²) >= 11 is 0. The number of carbonyl (C=O) groups is 2. The summed E-state index contributed by atoms with van der Waals surface area (Å²) in [7, 11) is 0. The van der Waals surface area contributed by atoms with Gasteiger partial charge in [-0.2, -0.15) is 5.26 Å². The Bertz CT molecular complexity index is 799. The van der Waals surface area contributed by atoms with E-state index in [4.69, 9.17) is 4.74 Å². The molecule has 1 atom stereocenters. The zero-order valence-electron chi connectivity index (χ0n) is 14.9. The van der Waals surface area contributed by atoms with Crippen LogP contribution in [0.1, 0.15) is 19.8 Å².